The van der Waals surface area contributed by atoms with Crippen LogP contribution < -0.4 is 15.8 Å². The van der Waals surface area contributed by atoms with Crippen molar-refractivity contribution in [1.82, 2.24) is 5.32 Å². The molecule has 0 aliphatic heterocycles. The number of amides is 1. The SMILES string of the molecule is COc1ccccc1CNC(=O)c1cccc(N)c1Cl. The van der Waals surface area contributed by atoms with Gasteiger partial charge in [0.1, 0.15) is 5.75 Å². The van der Waals surface area contributed by atoms with Crippen LogP contribution in [0, 0.1) is 0 Å². The van der Waals surface area contributed by atoms with E-state index in [0.29, 0.717) is 17.8 Å². The maximum absolute atomic E-state index is 12.1. The summed E-state index contributed by atoms with van der Waals surface area (Å²) in [5.41, 5.74) is 7.32. The number of para-hydroxylation sites is 1. The zero-order valence-corrected chi connectivity index (χ0v) is 11.8. The van der Waals surface area contributed by atoms with Crippen LogP contribution in [0.2, 0.25) is 5.02 Å². The van der Waals surface area contributed by atoms with Gasteiger partial charge in [-0.3, -0.25) is 4.79 Å². The predicted molar refractivity (Wildman–Crippen MR) is 80.0 cm³/mol. The molecule has 104 valence electrons. The number of nitrogens with two attached hydrogens (primary N) is 1. The summed E-state index contributed by atoms with van der Waals surface area (Å²) in [5, 5.41) is 3.07. The molecule has 0 atom stereocenters. The molecule has 3 N–H and O–H groups in total. The lowest BCUT2D eigenvalue weighted by molar-refractivity contribution is 0.0951. The standard InChI is InChI=1S/C15H15ClN2O2/c1-20-13-8-3-2-5-10(13)9-18-15(19)11-6-4-7-12(17)14(11)16/h2-8H,9,17H2,1H3,(H,18,19). The van der Waals surface area contributed by atoms with E-state index in [2.05, 4.69) is 5.32 Å². The van der Waals surface area contributed by atoms with Crippen molar-refractivity contribution in [2.45, 2.75) is 6.54 Å². The summed E-state index contributed by atoms with van der Waals surface area (Å²) in [7, 11) is 1.59. The summed E-state index contributed by atoms with van der Waals surface area (Å²) in [4.78, 5) is 12.1. The van der Waals surface area contributed by atoms with E-state index in [1.54, 1.807) is 25.3 Å². The van der Waals surface area contributed by atoms with E-state index in [0.717, 1.165) is 11.3 Å². The van der Waals surface area contributed by atoms with E-state index in [9.17, 15) is 4.79 Å². The van der Waals surface area contributed by atoms with Crippen LogP contribution in [0.5, 0.6) is 5.75 Å². The first-order valence-corrected chi connectivity index (χ1v) is 6.45. The summed E-state index contributed by atoms with van der Waals surface area (Å²) >= 11 is 6.02. The number of carbonyl (C=O) groups is 1. The third kappa shape index (κ3) is 3.03. The molecule has 2 rings (SSSR count). The topological polar surface area (TPSA) is 64.3 Å². The average molecular weight is 291 g/mol. The Kier molecular flexibility index (Phi) is 4.48. The van der Waals surface area contributed by atoms with Gasteiger partial charge in [-0.2, -0.15) is 0 Å². The number of methoxy groups -OCH3 is 1. The van der Waals surface area contributed by atoms with E-state index in [4.69, 9.17) is 22.1 Å². The Balaban J connectivity index is 2.11. The second-order valence-corrected chi connectivity index (χ2v) is 4.58. The normalized spacial score (nSPS) is 10.1. The summed E-state index contributed by atoms with van der Waals surface area (Å²) in [5.74, 6) is 0.458. The van der Waals surface area contributed by atoms with Crippen LogP contribution in [0.4, 0.5) is 5.69 Å². The summed E-state index contributed by atoms with van der Waals surface area (Å²) < 4.78 is 5.23. The van der Waals surface area contributed by atoms with Crippen molar-refractivity contribution in [2.24, 2.45) is 0 Å². The van der Waals surface area contributed by atoms with Crippen LogP contribution in [0.1, 0.15) is 15.9 Å². The molecule has 4 nitrogen and oxygen atoms in total. The van der Waals surface area contributed by atoms with E-state index in [-0.39, 0.29) is 10.9 Å². The fraction of sp³-hybridized carbons (Fsp3) is 0.133. The molecule has 0 bridgehead atoms. The molecular formula is C15H15ClN2O2. The molecule has 0 saturated heterocycles. The molecule has 5 heteroatoms. The van der Waals surface area contributed by atoms with Crippen molar-refractivity contribution in [3.8, 4) is 5.75 Å². The highest BCUT2D eigenvalue weighted by Gasteiger charge is 2.12. The maximum Gasteiger partial charge on any atom is 0.253 e. The van der Waals surface area contributed by atoms with Crippen molar-refractivity contribution < 1.29 is 9.53 Å². The number of carbonyl (C=O) groups excluding carboxylic acids is 1. The Bertz CT molecular complexity index is 629. The lowest BCUT2D eigenvalue weighted by atomic mass is 10.1. The molecule has 20 heavy (non-hydrogen) atoms. The van der Waals surface area contributed by atoms with Crippen molar-refractivity contribution >= 4 is 23.2 Å². The van der Waals surface area contributed by atoms with Gasteiger partial charge in [-0.1, -0.05) is 35.9 Å². The highest BCUT2D eigenvalue weighted by Crippen LogP contribution is 2.23. The van der Waals surface area contributed by atoms with Crippen LogP contribution in [0.25, 0.3) is 0 Å². The van der Waals surface area contributed by atoms with Gasteiger partial charge in [-0.05, 0) is 18.2 Å². The first kappa shape index (κ1) is 14.2. The third-order valence-corrected chi connectivity index (χ3v) is 3.33. The van der Waals surface area contributed by atoms with Gasteiger partial charge >= 0.3 is 0 Å². The molecule has 1 amide bonds. The second-order valence-electron chi connectivity index (χ2n) is 4.20. The number of nitrogens with one attached hydrogen (secondary N) is 1. The number of anilines is 1. The van der Waals surface area contributed by atoms with Gasteiger partial charge < -0.3 is 15.8 Å². The van der Waals surface area contributed by atoms with Gasteiger partial charge in [0, 0.05) is 12.1 Å². The minimum Gasteiger partial charge on any atom is -0.496 e. The fourth-order valence-corrected chi connectivity index (χ4v) is 2.06. The summed E-state index contributed by atoms with van der Waals surface area (Å²) in [6.45, 7) is 0.355. The first-order chi connectivity index (χ1) is 9.63. The van der Waals surface area contributed by atoms with E-state index < -0.39 is 0 Å². The Morgan fingerprint density at radius 2 is 2.00 bits per heavy atom. The van der Waals surface area contributed by atoms with Crippen LogP contribution in [-0.2, 0) is 6.54 Å². The summed E-state index contributed by atoms with van der Waals surface area (Å²) in [6.07, 6.45) is 0. The smallest absolute Gasteiger partial charge is 0.253 e. The lowest BCUT2D eigenvalue weighted by Gasteiger charge is -2.10. The van der Waals surface area contributed by atoms with Gasteiger partial charge in [0.25, 0.3) is 5.91 Å². The Morgan fingerprint density at radius 3 is 2.75 bits per heavy atom. The molecule has 0 spiro atoms. The minimum absolute atomic E-state index is 0.269. The van der Waals surface area contributed by atoms with Gasteiger partial charge in [0.2, 0.25) is 0 Å². The maximum atomic E-state index is 12.1. The number of ether oxygens (including phenoxy) is 1. The van der Waals surface area contributed by atoms with Gasteiger partial charge in [0.15, 0.2) is 0 Å². The van der Waals surface area contributed by atoms with Crippen LogP contribution in [0.3, 0.4) is 0 Å². The predicted octanol–water partition coefficient (Wildman–Crippen LogP) is 2.86. The molecule has 0 aromatic heterocycles. The molecule has 2 aromatic carbocycles. The molecule has 0 fully saturated rings. The number of benzene rings is 2. The average Bonchev–Trinajstić information content (AvgIpc) is 2.48. The van der Waals surface area contributed by atoms with Crippen molar-refractivity contribution in [3.05, 3.63) is 58.6 Å². The van der Waals surface area contributed by atoms with Crippen molar-refractivity contribution in [2.75, 3.05) is 12.8 Å². The monoisotopic (exact) mass is 290 g/mol. The number of halogens is 1. The second kappa shape index (κ2) is 6.30. The van der Waals surface area contributed by atoms with Crippen molar-refractivity contribution in [1.29, 1.82) is 0 Å². The lowest BCUT2D eigenvalue weighted by Crippen LogP contribution is -2.23. The molecule has 0 saturated carbocycles. The highest BCUT2D eigenvalue weighted by atomic mass is 35.5. The Hall–Kier alpha value is -2.20. The molecular weight excluding hydrogens is 276 g/mol. The molecule has 0 heterocycles. The van der Waals surface area contributed by atoms with Crippen LogP contribution in [0.15, 0.2) is 42.5 Å². The molecule has 0 aliphatic rings. The zero-order valence-electron chi connectivity index (χ0n) is 11.0. The number of rotatable bonds is 4. The zero-order chi connectivity index (χ0) is 14.5. The molecule has 0 radical (unpaired) electrons. The third-order valence-electron chi connectivity index (χ3n) is 2.91. The Labute approximate surface area is 122 Å². The van der Waals surface area contributed by atoms with Crippen LogP contribution in [-0.4, -0.2) is 13.0 Å². The summed E-state index contributed by atoms with van der Waals surface area (Å²) in [6, 6.07) is 12.5. The van der Waals surface area contributed by atoms with E-state index in [1.807, 2.05) is 24.3 Å². The first-order valence-electron chi connectivity index (χ1n) is 6.07. The minimum atomic E-state index is -0.270. The highest BCUT2D eigenvalue weighted by molar-refractivity contribution is 6.36. The van der Waals surface area contributed by atoms with Crippen molar-refractivity contribution in [3.63, 3.8) is 0 Å². The molecule has 0 unspecified atom stereocenters. The van der Waals surface area contributed by atoms with Crippen LogP contribution >= 0.6 is 11.6 Å². The quantitative estimate of drug-likeness (QED) is 0.851. The molecule has 2 aromatic rings. The van der Waals surface area contributed by atoms with E-state index >= 15 is 0 Å². The van der Waals surface area contributed by atoms with E-state index in [1.165, 1.54) is 0 Å². The van der Waals surface area contributed by atoms with Gasteiger partial charge in [-0.15, -0.1) is 0 Å². The van der Waals surface area contributed by atoms with Gasteiger partial charge in [0.05, 0.1) is 23.4 Å². The fourth-order valence-electron chi connectivity index (χ4n) is 1.84. The number of hydrogen-bond donors (Lipinski definition) is 2. The number of hydrogen-bond acceptors (Lipinski definition) is 3. The van der Waals surface area contributed by atoms with Gasteiger partial charge in [-0.25, -0.2) is 0 Å². The largest absolute Gasteiger partial charge is 0.496 e. The molecule has 0 aliphatic carbocycles. The number of nitrogen functional groups attached to an aromatic ring is 1. The Morgan fingerprint density at radius 1 is 1.25 bits per heavy atom.